The monoisotopic (exact) mass is 130 g/mol. The van der Waals surface area contributed by atoms with Crippen molar-refractivity contribution in [2.75, 3.05) is 13.6 Å². The van der Waals surface area contributed by atoms with Gasteiger partial charge < -0.3 is 0 Å². The fourth-order valence-electron chi connectivity index (χ4n) is 0.650. The van der Waals surface area contributed by atoms with Gasteiger partial charge in [-0.2, -0.15) is 0 Å². The van der Waals surface area contributed by atoms with Gasteiger partial charge in [0.25, 0.3) is 0 Å². The standard InChI is InChI=1S/C6H14N2O/c1-4-5-8(7-3)6(2)9/h7H,4-5H2,1-3H3. The fourth-order valence-corrected chi connectivity index (χ4v) is 0.650. The van der Waals surface area contributed by atoms with Crippen LogP contribution in [0, 0.1) is 0 Å². The Kier molecular flexibility index (Phi) is 4.05. The Morgan fingerprint density at radius 2 is 2.22 bits per heavy atom. The molecule has 1 amide bonds. The molecule has 0 rings (SSSR count). The molecule has 0 aliphatic rings. The van der Waals surface area contributed by atoms with Crippen molar-refractivity contribution in [3.05, 3.63) is 0 Å². The van der Waals surface area contributed by atoms with Crippen molar-refractivity contribution in [1.29, 1.82) is 0 Å². The smallest absolute Gasteiger partial charge is 0.233 e. The van der Waals surface area contributed by atoms with Crippen LogP contribution in [0.1, 0.15) is 20.3 Å². The summed E-state index contributed by atoms with van der Waals surface area (Å²) in [5, 5.41) is 1.58. The third-order valence-corrected chi connectivity index (χ3v) is 1.10. The topological polar surface area (TPSA) is 32.3 Å². The molecule has 1 N–H and O–H groups in total. The van der Waals surface area contributed by atoms with Crippen LogP contribution < -0.4 is 5.43 Å². The van der Waals surface area contributed by atoms with E-state index in [-0.39, 0.29) is 5.91 Å². The first-order valence-electron chi connectivity index (χ1n) is 3.17. The molecule has 0 aromatic carbocycles. The number of carbonyl (C=O) groups is 1. The van der Waals surface area contributed by atoms with E-state index in [2.05, 4.69) is 5.43 Å². The summed E-state index contributed by atoms with van der Waals surface area (Å²) in [6.07, 6.45) is 0.987. The van der Waals surface area contributed by atoms with E-state index in [4.69, 9.17) is 0 Å². The van der Waals surface area contributed by atoms with Gasteiger partial charge in [-0.1, -0.05) is 6.92 Å². The molecule has 0 spiro atoms. The van der Waals surface area contributed by atoms with Crippen LogP contribution in [0.5, 0.6) is 0 Å². The van der Waals surface area contributed by atoms with Crippen LogP contribution in [-0.4, -0.2) is 24.5 Å². The Bertz CT molecular complexity index is 93.1. The Morgan fingerprint density at radius 1 is 1.67 bits per heavy atom. The van der Waals surface area contributed by atoms with Crippen LogP contribution in [0.2, 0.25) is 0 Å². The lowest BCUT2D eigenvalue weighted by atomic mass is 10.4. The fraction of sp³-hybridized carbons (Fsp3) is 0.833. The van der Waals surface area contributed by atoms with Gasteiger partial charge in [-0.3, -0.25) is 9.80 Å². The first-order chi connectivity index (χ1) is 4.22. The Labute approximate surface area is 56.0 Å². The molecule has 0 bridgehead atoms. The summed E-state index contributed by atoms with van der Waals surface area (Å²) in [5.74, 6) is 0.0688. The second-order valence-electron chi connectivity index (χ2n) is 1.89. The quantitative estimate of drug-likeness (QED) is 0.560. The highest BCUT2D eigenvalue weighted by Gasteiger charge is 2.01. The zero-order chi connectivity index (χ0) is 7.28. The van der Waals surface area contributed by atoms with Gasteiger partial charge in [-0.25, -0.2) is 5.43 Å². The van der Waals surface area contributed by atoms with Crippen LogP contribution in [-0.2, 0) is 4.79 Å². The minimum atomic E-state index is 0.0688. The van der Waals surface area contributed by atoms with E-state index in [9.17, 15) is 4.79 Å². The minimum Gasteiger partial charge on any atom is -0.279 e. The molecule has 0 radical (unpaired) electrons. The van der Waals surface area contributed by atoms with Gasteiger partial charge in [0.2, 0.25) is 5.91 Å². The second-order valence-corrected chi connectivity index (χ2v) is 1.89. The third-order valence-electron chi connectivity index (χ3n) is 1.10. The molecule has 0 unspecified atom stereocenters. The van der Waals surface area contributed by atoms with Crippen molar-refractivity contribution in [1.82, 2.24) is 10.4 Å². The van der Waals surface area contributed by atoms with Crippen molar-refractivity contribution in [2.24, 2.45) is 0 Å². The largest absolute Gasteiger partial charge is 0.279 e. The van der Waals surface area contributed by atoms with Crippen molar-refractivity contribution < 1.29 is 4.79 Å². The second kappa shape index (κ2) is 4.32. The number of hydrogen-bond donors (Lipinski definition) is 1. The number of nitrogens with one attached hydrogen (secondary N) is 1. The molecule has 0 atom stereocenters. The summed E-state index contributed by atoms with van der Waals surface area (Å²) < 4.78 is 0. The number of amides is 1. The Morgan fingerprint density at radius 3 is 2.33 bits per heavy atom. The molecule has 0 aliphatic heterocycles. The lowest BCUT2D eigenvalue weighted by Gasteiger charge is -2.17. The highest BCUT2D eigenvalue weighted by Crippen LogP contribution is 1.84. The van der Waals surface area contributed by atoms with Gasteiger partial charge in [0.05, 0.1) is 0 Å². The molecule has 0 saturated heterocycles. The zero-order valence-electron chi connectivity index (χ0n) is 6.27. The molecule has 0 saturated carbocycles. The summed E-state index contributed by atoms with van der Waals surface area (Å²) in [5.41, 5.74) is 2.79. The molecular weight excluding hydrogens is 116 g/mol. The van der Waals surface area contributed by atoms with Crippen molar-refractivity contribution in [3.63, 3.8) is 0 Å². The van der Waals surface area contributed by atoms with Gasteiger partial charge in [0, 0.05) is 20.5 Å². The lowest BCUT2D eigenvalue weighted by Crippen LogP contribution is -2.39. The van der Waals surface area contributed by atoms with Crippen LogP contribution in [0.15, 0.2) is 0 Å². The highest BCUT2D eigenvalue weighted by atomic mass is 16.2. The minimum absolute atomic E-state index is 0.0688. The molecule has 0 aromatic heterocycles. The predicted molar refractivity (Wildman–Crippen MR) is 36.7 cm³/mol. The molecule has 0 aromatic rings. The predicted octanol–water partition coefficient (Wildman–Crippen LogP) is 0.379. The number of carbonyl (C=O) groups excluding carboxylic acids is 1. The molecule has 0 heterocycles. The van der Waals surface area contributed by atoms with Gasteiger partial charge in [-0.15, -0.1) is 0 Å². The van der Waals surface area contributed by atoms with Crippen molar-refractivity contribution in [3.8, 4) is 0 Å². The molecule has 3 heteroatoms. The average molecular weight is 130 g/mol. The summed E-state index contributed by atoms with van der Waals surface area (Å²) in [7, 11) is 1.75. The van der Waals surface area contributed by atoms with Crippen LogP contribution in [0.4, 0.5) is 0 Å². The first-order valence-corrected chi connectivity index (χ1v) is 3.17. The van der Waals surface area contributed by atoms with E-state index in [1.54, 1.807) is 19.0 Å². The molecule has 9 heavy (non-hydrogen) atoms. The van der Waals surface area contributed by atoms with Crippen LogP contribution >= 0.6 is 0 Å². The molecular formula is C6H14N2O. The lowest BCUT2D eigenvalue weighted by molar-refractivity contribution is -0.131. The van der Waals surface area contributed by atoms with E-state index in [1.165, 1.54) is 0 Å². The summed E-state index contributed by atoms with van der Waals surface area (Å²) in [6, 6.07) is 0. The van der Waals surface area contributed by atoms with Gasteiger partial charge in [-0.05, 0) is 6.42 Å². The number of hydrogen-bond acceptors (Lipinski definition) is 2. The maximum absolute atomic E-state index is 10.6. The van der Waals surface area contributed by atoms with E-state index in [0.29, 0.717) is 0 Å². The maximum atomic E-state index is 10.6. The van der Waals surface area contributed by atoms with E-state index in [1.807, 2.05) is 6.92 Å². The summed E-state index contributed by atoms with van der Waals surface area (Å²) >= 11 is 0. The van der Waals surface area contributed by atoms with Gasteiger partial charge in [0.15, 0.2) is 0 Å². The van der Waals surface area contributed by atoms with E-state index in [0.717, 1.165) is 13.0 Å². The molecule has 0 aliphatic carbocycles. The highest BCUT2D eigenvalue weighted by molar-refractivity contribution is 5.72. The molecule has 54 valence electrons. The number of rotatable bonds is 3. The molecule has 0 fully saturated rings. The average Bonchev–Trinajstić information content (AvgIpc) is 1.82. The Balaban J connectivity index is 3.54. The summed E-state index contributed by atoms with van der Waals surface area (Å²) in [4.78, 5) is 10.6. The SMILES string of the molecule is CCCN(NC)C(C)=O. The number of hydrazine groups is 1. The van der Waals surface area contributed by atoms with E-state index >= 15 is 0 Å². The van der Waals surface area contributed by atoms with Crippen molar-refractivity contribution in [2.45, 2.75) is 20.3 Å². The van der Waals surface area contributed by atoms with Crippen LogP contribution in [0.25, 0.3) is 0 Å². The van der Waals surface area contributed by atoms with Crippen LogP contribution in [0.3, 0.4) is 0 Å². The maximum Gasteiger partial charge on any atom is 0.233 e. The molecule has 3 nitrogen and oxygen atoms in total. The van der Waals surface area contributed by atoms with Gasteiger partial charge in [0.1, 0.15) is 0 Å². The third kappa shape index (κ3) is 3.08. The summed E-state index contributed by atoms with van der Waals surface area (Å²) in [6.45, 7) is 4.37. The Hall–Kier alpha value is -0.570. The van der Waals surface area contributed by atoms with Gasteiger partial charge >= 0.3 is 0 Å². The normalized spacial score (nSPS) is 9.22. The zero-order valence-corrected chi connectivity index (χ0v) is 6.27. The van der Waals surface area contributed by atoms with Crippen molar-refractivity contribution >= 4 is 5.91 Å². The first kappa shape index (κ1) is 8.43. The van der Waals surface area contributed by atoms with E-state index < -0.39 is 0 Å². The number of nitrogens with zero attached hydrogens (tertiary/aromatic N) is 1.